The van der Waals surface area contributed by atoms with Crippen molar-refractivity contribution in [1.29, 1.82) is 0 Å². The fraction of sp³-hybridized carbons (Fsp3) is 0.273. The van der Waals surface area contributed by atoms with Crippen molar-refractivity contribution in [3.63, 3.8) is 0 Å². The maximum Gasteiger partial charge on any atom is 0.274 e. The van der Waals surface area contributed by atoms with E-state index in [9.17, 15) is 13.6 Å². The maximum atomic E-state index is 14.4. The van der Waals surface area contributed by atoms with Gasteiger partial charge in [0.2, 0.25) is 11.6 Å². The van der Waals surface area contributed by atoms with Gasteiger partial charge in [0, 0.05) is 30.8 Å². The zero-order chi connectivity index (χ0) is 23.0. The summed E-state index contributed by atoms with van der Waals surface area (Å²) in [6, 6.07) is 5.13. The molecule has 1 fully saturated rings. The van der Waals surface area contributed by atoms with E-state index in [0.29, 0.717) is 30.8 Å². The quantitative estimate of drug-likeness (QED) is 0.632. The molecule has 1 aliphatic heterocycles. The van der Waals surface area contributed by atoms with Gasteiger partial charge in [-0.05, 0) is 19.4 Å². The summed E-state index contributed by atoms with van der Waals surface area (Å²) in [5, 5.41) is 0. The van der Waals surface area contributed by atoms with Crippen molar-refractivity contribution in [2.45, 2.75) is 19.4 Å². The van der Waals surface area contributed by atoms with E-state index < -0.39 is 11.6 Å². The van der Waals surface area contributed by atoms with Crippen LogP contribution in [0.4, 0.5) is 14.5 Å². The van der Waals surface area contributed by atoms with Crippen LogP contribution in [0.1, 0.15) is 22.6 Å². The third kappa shape index (κ3) is 3.67. The summed E-state index contributed by atoms with van der Waals surface area (Å²) >= 11 is 0. The smallest absolute Gasteiger partial charge is 0.274 e. The van der Waals surface area contributed by atoms with Gasteiger partial charge >= 0.3 is 0 Å². The first-order valence-electron chi connectivity index (χ1n) is 9.85. The summed E-state index contributed by atoms with van der Waals surface area (Å²) in [5.41, 5.74) is 7.00. The van der Waals surface area contributed by atoms with Crippen molar-refractivity contribution in [2.75, 3.05) is 20.2 Å². The number of carbonyl (C=O) groups is 1. The average molecular weight is 438 g/mol. The number of aromatic nitrogens is 3. The molecule has 10 heteroatoms. The van der Waals surface area contributed by atoms with Crippen LogP contribution in [0, 0.1) is 25.1 Å². The van der Waals surface area contributed by atoms with Crippen LogP contribution < -0.4 is 10.5 Å². The van der Waals surface area contributed by atoms with E-state index in [1.165, 1.54) is 42.1 Å². The number of benzene rings is 1. The number of carbonyl (C=O) groups excluding carboxylic acids is 1. The standard InChI is InChI=1S/C22H20F2N6O2/c1-12-19(22(31)29-7-6-14(25)11-29)28-20(13-4-5-18(26-2)16(23)8-13)30(12)15-9-17(24)21(32-3)27-10-15/h4-5,8-10,14H,6-7,11,25H2,1,3H3/t14-/m0/s1. The largest absolute Gasteiger partial charge is 0.479 e. The molecule has 1 aliphatic rings. The molecular formula is C22H20F2N6O2. The lowest BCUT2D eigenvalue weighted by molar-refractivity contribution is 0.0785. The average Bonchev–Trinajstić information content (AvgIpc) is 3.36. The third-order valence-corrected chi connectivity index (χ3v) is 5.39. The molecule has 1 atom stereocenters. The highest BCUT2D eigenvalue weighted by Crippen LogP contribution is 2.31. The number of nitrogens with zero attached hydrogens (tertiary/aromatic N) is 5. The molecule has 0 spiro atoms. The Balaban J connectivity index is 1.89. The van der Waals surface area contributed by atoms with E-state index >= 15 is 0 Å². The normalized spacial score (nSPS) is 15.6. The van der Waals surface area contributed by atoms with Crippen LogP contribution in [0.3, 0.4) is 0 Å². The second-order valence-electron chi connectivity index (χ2n) is 7.47. The van der Waals surface area contributed by atoms with Crippen molar-refractivity contribution < 1.29 is 18.3 Å². The van der Waals surface area contributed by atoms with Gasteiger partial charge in [0.1, 0.15) is 17.3 Å². The molecule has 0 radical (unpaired) electrons. The fourth-order valence-electron chi connectivity index (χ4n) is 3.76. The number of hydrogen-bond acceptors (Lipinski definition) is 5. The van der Waals surface area contributed by atoms with E-state index in [1.807, 2.05) is 0 Å². The van der Waals surface area contributed by atoms with Crippen LogP contribution in [0.15, 0.2) is 30.5 Å². The Kier molecular flexibility index (Phi) is 5.59. The van der Waals surface area contributed by atoms with Crippen molar-refractivity contribution in [1.82, 2.24) is 19.4 Å². The topological polar surface area (TPSA) is 90.6 Å². The predicted octanol–water partition coefficient (Wildman–Crippen LogP) is 3.25. The molecule has 0 bridgehead atoms. The maximum absolute atomic E-state index is 14.4. The first kappa shape index (κ1) is 21.4. The minimum Gasteiger partial charge on any atom is -0.479 e. The summed E-state index contributed by atoms with van der Waals surface area (Å²) in [6.07, 6.45) is 2.07. The summed E-state index contributed by atoms with van der Waals surface area (Å²) in [7, 11) is 1.30. The van der Waals surface area contributed by atoms with Crippen LogP contribution in [0.2, 0.25) is 0 Å². The first-order valence-corrected chi connectivity index (χ1v) is 9.85. The van der Waals surface area contributed by atoms with Gasteiger partial charge in [-0.15, -0.1) is 0 Å². The van der Waals surface area contributed by atoms with Gasteiger partial charge in [0.15, 0.2) is 5.82 Å². The monoisotopic (exact) mass is 438 g/mol. The number of methoxy groups -OCH3 is 1. The van der Waals surface area contributed by atoms with Crippen molar-refractivity contribution in [3.8, 4) is 23.0 Å². The molecule has 1 saturated heterocycles. The van der Waals surface area contributed by atoms with Gasteiger partial charge in [0.25, 0.3) is 5.91 Å². The molecule has 1 amide bonds. The summed E-state index contributed by atoms with van der Waals surface area (Å²) in [6.45, 7) is 9.64. The highest BCUT2D eigenvalue weighted by Gasteiger charge is 2.30. The van der Waals surface area contributed by atoms with Crippen LogP contribution >= 0.6 is 0 Å². The summed E-state index contributed by atoms with van der Waals surface area (Å²) in [4.78, 5) is 26.4. The van der Waals surface area contributed by atoms with Gasteiger partial charge < -0.3 is 15.4 Å². The van der Waals surface area contributed by atoms with E-state index in [4.69, 9.17) is 17.0 Å². The van der Waals surface area contributed by atoms with E-state index in [-0.39, 0.29) is 40.7 Å². The zero-order valence-corrected chi connectivity index (χ0v) is 17.5. The summed E-state index contributed by atoms with van der Waals surface area (Å²) < 4.78 is 35.2. The minimum atomic E-state index is -0.720. The number of pyridine rings is 1. The zero-order valence-electron chi connectivity index (χ0n) is 17.5. The SMILES string of the molecule is [C-]#[N+]c1ccc(-c2nc(C(=O)N3CC[C@H](N)C3)c(C)n2-c2cnc(OC)c(F)c2)cc1F. The van der Waals surface area contributed by atoms with Gasteiger partial charge in [-0.2, -0.15) is 0 Å². The summed E-state index contributed by atoms with van der Waals surface area (Å²) in [5.74, 6) is -1.69. The molecule has 0 aliphatic carbocycles. The molecule has 32 heavy (non-hydrogen) atoms. The lowest BCUT2D eigenvalue weighted by Gasteiger charge is -2.15. The predicted molar refractivity (Wildman–Crippen MR) is 113 cm³/mol. The van der Waals surface area contributed by atoms with Crippen LogP contribution in [-0.4, -0.2) is 51.6 Å². The Morgan fingerprint density at radius 3 is 2.69 bits per heavy atom. The molecule has 2 N–H and O–H groups in total. The fourth-order valence-corrected chi connectivity index (χ4v) is 3.76. The van der Waals surface area contributed by atoms with Crippen LogP contribution in [0.25, 0.3) is 21.9 Å². The second-order valence-corrected chi connectivity index (χ2v) is 7.47. The van der Waals surface area contributed by atoms with Crippen molar-refractivity contribution >= 4 is 11.6 Å². The minimum absolute atomic E-state index is 0.101. The number of rotatable bonds is 4. The van der Waals surface area contributed by atoms with E-state index in [1.54, 1.807) is 11.8 Å². The first-order chi connectivity index (χ1) is 15.3. The molecule has 2 aromatic heterocycles. The number of nitrogens with two attached hydrogens (primary N) is 1. The van der Waals surface area contributed by atoms with Crippen LogP contribution in [0.5, 0.6) is 5.88 Å². The Bertz CT molecular complexity index is 1250. The Hall–Kier alpha value is -3.84. The lowest BCUT2D eigenvalue weighted by Crippen LogP contribution is -2.32. The van der Waals surface area contributed by atoms with Crippen molar-refractivity contribution in [2.24, 2.45) is 5.73 Å². The lowest BCUT2D eigenvalue weighted by atomic mass is 10.2. The molecule has 0 saturated carbocycles. The number of amides is 1. The number of halogens is 2. The number of ether oxygens (including phenoxy) is 1. The molecule has 8 nitrogen and oxygen atoms in total. The second kappa shape index (κ2) is 8.36. The molecule has 1 aromatic carbocycles. The Morgan fingerprint density at radius 1 is 1.31 bits per heavy atom. The van der Waals surface area contributed by atoms with Gasteiger partial charge in [-0.25, -0.2) is 23.6 Å². The Morgan fingerprint density at radius 2 is 2.09 bits per heavy atom. The van der Waals surface area contributed by atoms with E-state index in [2.05, 4.69) is 14.8 Å². The number of hydrogen-bond donors (Lipinski definition) is 1. The molecule has 0 unspecified atom stereocenters. The van der Waals surface area contributed by atoms with Gasteiger partial charge in [-0.1, -0.05) is 12.1 Å². The van der Waals surface area contributed by atoms with Crippen molar-refractivity contribution in [3.05, 3.63) is 64.9 Å². The molecule has 4 rings (SSSR count). The molecule has 3 heterocycles. The number of imidazole rings is 1. The third-order valence-electron chi connectivity index (χ3n) is 5.39. The number of likely N-dealkylation sites (tertiary alicyclic amines) is 1. The van der Waals surface area contributed by atoms with E-state index in [0.717, 1.165) is 0 Å². The Labute approximate surface area is 183 Å². The van der Waals surface area contributed by atoms with Gasteiger partial charge in [0.05, 0.1) is 31.3 Å². The molecular weight excluding hydrogens is 418 g/mol. The highest BCUT2D eigenvalue weighted by molar-refractivity contribution is 5.94. The van der Waals surface area contributed by atoms with Gasteiger partial charge in [-0.3, -0.25) is 9.36 Å². The highest BCUT2D eigenvalue weighted by atomic mass is 19.1. The molecule has 3 aromatic rings. The molecule has 164 valence electrons. The van der Waals surface area contributed by atoms with Crippen LogP contribution in [-0.2, 0) is 0 Å².